The first-order valence-corrected chi connectivity index (χ1v) is 4.27. The van der Waals surface area contributed by atoms with E-state index in [0.717, 1.165) is 18.4 Å². The van der Waals surface area contributed by atoms with E-state index in [2.05, 4.69) is 11.9 Å². The van der Waals surface area contributed by atoms with Gasteiger partial charge in [-0.05, 0) is 18.1 Å². The number of carbonyl (C=O) groups excluding carboxylic acids is 1. The summed E-state index contributed by atoms with van der Waals surface area (Å²) in [6.45, 7) is 2.06. The quantitative estimate of drug-likeness (QED) is 0.562. The van der Waals surface area contributed by atoms with Crippen LogP contribution in [-0.4, -0.2) is 17.5 Å². The molecule has 0 bridgehead atoms. The highest BCUT2D eigenvalue weighted by molar-refractivity contribution is 5.90. The second-order valence-electron chi connectivity index (χ2n) is 2.78. The number of aldehydes is 1. The van der Waals surface area contributed by atoms with Crippen LogP contribution in [0.5, 0.6) is 0 Å². The molecule has 0 unspecified atom stereocenters. The monoisotopic (exact) mass is 176 g/mol. The van der Waals surface area contributed by atoms with Crippen LogP contribution in [0.3, 0.4) is 0 Å². The lowest BCUT2D eigenvalue weighted by atomic mass is 10.0. The molecule has 68 valence electrons. The number of aromatic nitrogens is 1. The molecule has 1 rings (SSSR count). The third-order valence-corrected chi connectivity index (χ3v) is 1.89. The first kappa shape index (κ1) is 9.58. The summed E-state index contributed by atoms with van der Waals surface area (Å²) in [4.78, 5) is 14.5. The molecule has 0 saturated heterocycles. The molecule has 0 amide bonds. The van der Waals surface area contributed by atoms with E-state index in [9.17, 15) is 4.79 Å². The maximum Gasteiger partial charge on any atom is 0.169 e. The number of nitrogens with zero attached hydrogens (tertiary/aromatic N) is 1. The third-order valence-electron chi connectivity index (χ3n) is 1.89. The van der Waals surface area contributed by atoms with Crippen molar-refractivity contribution in [3.63, 3.8) is 0 Å². The van der Waals surface area contributed by atoms with E-state index in [-0.39, 0.29) is 0 Å². The molecule has 0 saturated carbocycles. The van der Waals surface area contributed by atoms with Gasteiger partial charge in [0.2, 0.25) is 0 Å². The summed E-state index contributed by atoms with van der Waals surface area (Å²) in [5, 5.41) is 7.18. The molecule has 13 heavy (non-hydrogen) atoms. The smallest absolute Gasteiger partial charge is 0.169 e. The largest absolute Gasteiger partial charge is 0.308 e. The zero-order chi connectivity index (χ0) is 9.68. The van der Waals surface area contributed by atoms with Gasteiger partial charge in [-0.2, -0.15) is 0 Å². The summed E-state index contributed by atoms with van der Waals surface area (Å²) in [5.41, 5.74) is 2.04. The fourth-order valence-corrected chi connectivity index (χ4v) is 1.28. The Balaban J connectivity index is 3.18. The van der Waals surface area contributed by atoms with Crippen LogP contribution in [0.2, 0.25) is 0 Å². The number of nitrogens with one attached hydrogen (secondary N) is 1. The third kappa shape index (κ3) is 1.99. The van der Waals surface area contributed by atoms with E-state index in [1.807, 2.05) is 6.07 Å². The lowest BCUT2D eigenvalue weighted by molar-refractivity contribution is 0.111. The average Bonchev–Trinajstić information content (AvgIpc) is 2.18. The molecule has 0 aliphatic heterocycles. The molecule has 1 heterocycles. The summed E-state index contributed by atoms with van der Waals surface area (Å²) in [7, 11) is 0. The molecule has 0 fully saturated rings. The summed E-state index contributed by atoms with van der Waals surface area (Å²) in [6, 6.07) is 1.86. The van der Waals surface area contributed by atoms with E-state index >= 15 is 0 Å². The van der Waals surface area contributed by atoms with Gasteiger partial charge in [0.25, 0.3) is 0 Å². The second kappa shape index (κ2) is 4.50. The molecule has 0 spiro atoms. The van der Waals surface area contributed by atoms with E-state index < -0.39 is 0 Å². The van der Waals surface area contributed by atoms with E-state index in [4.69, 9.17) is 5.41 Å². The number of aryl methyl sites for hydroxylation is 1. The maximum absolute atomic E-state index is 10.6. The minimum Gasteiger partial charge on any atom is -0.308 e. The van der Waals surface area contributed by atoms with Gasteiger partial charge in [-0.15, -0.1) is 0 Å². The van der Waals surface area contributed by atoms with Crippen molar-refractivity contribution in [1.82, 2.24) is 4.98 Å². The Hall–Kier alpha value is -1.51. The van der Waals surface area contributed by atoms with Gasteiger partial charge in [0, 0.05) is 18.0 Å². The van der Waals surface area contributed by atoms with Crippen LogP contribution in [-0.2, 0) is 6.42 Å². The molecule has 0 radical (unpaired) electrons. The van der Waals surface area contributed by atoms with Gasteiger partial charge in [0.05, 0.1) is 0 Å². The standard InChI is InChI=1S/C10H12N2O/c1-2-3-8-4-5-12-10(7-13)9(8)6-11/h4-7,11H,2-3H2,1H3. The summed E-state index contributed by atoms with van der Waals surface area (Å²) in [5.74, 6) is 0. The van der Waals surface area contributed by atoms with E-state index in [0.29, 0.717) is 17.5 Å². The Morgan fingerprint density at radius 2 is 2.38 bits per heavy atom. The zero-order valence-corrected chi connectivity index (χ0v) is 7.58. The van der Waals surface area contributed by atoms with Crippen molar-refractivity contribution in [3.05, 3.63) is 29.1 Å². The molecule has 1 aromatic heterocycles. The van der Waals surface area contributed by atoms with Crippen molar-refractivity contribution in [2.75, 3.05) is 0 Å². The van der Waals surface area contributed by atoms with E-state index in [1.54, 1.807) is 6.20 Å². The van der Waals surface area contributed by atoms with Crippen molar-refractivity contribution in [1.29, 1.82) is 5.41 Å². The number of rotatable bonds is 4. The zero-order valence-electron chi connectivity index (χ0n) is 7.58. The predicted octanol–water partition coefficient (Wildman–Crippen LogP) is 1.84. The number of hydrogen-bond donors (Lipinski definition) is 1. The highest BCUT2D eigenvalue weighted by atomic mass is 16.1. The molecule has 0 atom stereocenters. The second-order valence-corrected chi connectivity index (χ2v) is 2.78. The molecular formula is C10H12N2O. The summed E-state index contributed by atoms with van der Waals surface area (Å²) < 4.78 is 0. The van der Waals surface area contributed by atoms with Gasteiger partial charge in [0.1, 0.15) is 5.69 Å². The fraction of sp³-hybridized carbons (Fsp3) is 0.300. The topological polar surface area (TPSA) is 53.8 Å². The number of hydrogen-bond acceptors (Lipinski definition) is 3. The van der Waals surface area contributed by atoms with Crippen LogP contribution >= 0.6 is 0 Å². The first-order chi connectivity index (χ1) is 6.33. The summed E-state index contributed by atoms with van der Waals surface area (Å²) in [6.07, 6.45) is 5.39. The van der Waals surface area contributed by atoms with Gasteiger partial charge in [0.15, 0.2) is 6.29 Å². The van der Waals surface area contributed by atoms with Gasteiger partial charge in [-0.3, -0.25) is 9.78 Å². The van der Waals surface area contributed by atoms with Crippen molar-refractivity contribution < 1.29 is 4.79 Å². The van der Waals surface area contributed by atoms with E-state index in [1.165, 1.54) is 6.21 Å². The number of carbonyl (C=O) groups is 1. The Morgan fingerprint density at radius 3 is 2.92 bits per heavy atom. The van der Waals surface area contributed by atoms with Crippen LogP contribution in [0, 0.1) is 5.41 Å². The molecule has 3 nitrogen and oxygen atoms in total. The van der Waals surface area contributed by atoms with Crippen LogP contribution in [0.15, 0.2) is 12.3 Å². The molecule has 1 N–H and O–H groups in total. The van der Waals surface area contributed by atoms with Crippen LogP contribution in [0.4, 0.5) is 0 Å². The number of pyridine rings is 1. The maximum atomic E-state index is 10.6. The molecular weight excluding hydrogens is 164 g/mol. The Kier molecular flexibility index (Phi) is 3.31. The minimum atomic E-state index is 0.362. The lowest BCUT2D eigenvalue weighted by Gasteiger charge is -2.04. The van der Waals surface area contributed by atoms with Crippen LogP contribution in [0.25, 0.3) is 0 Å². The van der Waals surface area contributed by atoms with Gasteiger partial charge < -0.3 is 5.41 Å². The summed E-state index contributed by atoms with van der Waals surface area (Å²) >= 11 is 0. The molecule has 0 aliphatic rings. The molecule has 0 aromatic carbocycles. The highest BCUT2D eigenvalue weighted by Gasteiger charge is 2.05. The minimum absolute atomic E-state index is 0.362. The Labute approximate surface area is 77.3 Å². The normalized spacial score (nSPS) is 9.62. The van der Waals surface area contributed by atoms with Crippen molar-refractivity contribution >= 4 is 12.5 Å². The van der Waals surface area contributed by atoms with Crippen molar-refractivity contribution in [2.24, 2.45) is 0 Å². The molecule has 1 aromatic rings. The van der Waals surface area contributed by atoms with Gasteiger partial charge in [-0.25, -0.2) is 0 Å². The SMILES string of the molecule is CCCc1ccnc(C=O)c1C=N. The van der Waals surface area contributed by atoms with Crippen LogP contribution in [0.1, 0.15) is 35.0 Å². The van der Waals surface area contributed by atoms with Gasteiger partial charge in [-0.1, -0.05) is 13.3 Å². The fourth-order valence-electron chi connectivity index (χ4n) is 1.28. The Bertz CT molecular complexity index is 321. The predicted molar refractivity (Wildman–Crippen MR) is 51.5 cm³/mol. The average molecular weight is 176 g/mol. The van der Waals surface area contributed by atoms with Gasteiger partial charge >= 0.3 is 0 Å². The van der Waals surface area contributed by atoms with Crippen molar-refractivity contribution in [3.8, 4) is 0 Å². The molecule has 3 heteroatoms. The molecule has 0 aliphatic carbocycles. The first-order valence-electron chi connectivity index (χ1n) is 4.27. The van der Waals surface area contributed by atoms with Crippen LogP contribution < -0.4 is 0 Å². The highest BCUT2D eigenvalue weighted by Crippen LogP contribution is 2.10. The Morgan fingerprint density at radius 1 is 1.62 bits per heavy atom. The lowest BCUT2D eigenvalue weighted by Crippen LogP contribution is -2.00. The van der Waals surface area contributed by atoms with Crippen molar-refractivity contribution in [2.45, 2.75) is 19.8 Å².